The van der Waals surface area contributed by atoms with E-state index in [1.165, 1.54) is 24.3 Å². The minimum Gasteiger partial charge on any atom is -0.258 e. The van der Waals surface area contributed by atoms with Gasteiger partial charge in [-0.15, -0.1) is 10.2 Å². The van der Waals surface area contributed by atoms with E-state index in [4.69, 9.17) is 0 Å². The zero-order chi connectivity index (χ0) is 21.3. The van der Waals surface area contributed by atoms with Gasteiger partial charge < -0.3 is 0 Å². The molecule has 3 rings (SSSR count). The lowest BCUT2D eigenvalue weighted by molar-refractivity contribution is -0.384. The van der Waals surface area contributed by atoms with Gasteiger partial charge >= 0.3 is 0 Å². The summed E-state index contributed by atoms with van der Waals surface area (Å²) < 4.78 is 26.8. The van der Waals surface area contributed by atoms with E-state index >= 15 is 0 Å². The Kier molecular flexibility index (Phi) is 5.29. The Morgan fingerprint density at radius 3 is 2.21 bits per heavy atom. The maximum absolute atomic E-state index is 12.9. The SMILES string of the molecule is Cc1ccc(S(=O)(=O)n2nc(C)c(N=Nc3ccc(C)cc3[N+](=O)[O-])c2C)cc1. The number of azo groups is 1. The molecule has 29 heavy (non-hydrogen) atoms. The summed E-state index contributed by atoms with van der Waals surface area (Å²) in [7, 11) is -3.90. The van der Waals surface area contributed by atoms with Crippen molar-refractivity contribution in [2.45, 2.75) is 32.6 Å². The van der Waals surface area contributed by atoms with E-state index in [1.807, 2.05) is 6.92 Å². The number of aromatic nitrogens is 2. The summed E-state index contributed by atoms with van der Waals surface area (Å²) in [6.07, 6.45) is 0. The lowest BCUT2D eigenvalue weighted by Gasteiger charge is -2.06. The fourth-order valence-corrected chi connectivity index (χ4v) is 4.12. The van der Waals surface area contributed by atoms with Gasteiger partial charge in [-0.1, -0.05) is 23.8 Å². The molecule has 0 fully saturated rings. The predicted octanol–water partition coefficient (Wildman–Crippen LogP) is 4.68. The van der Waals surface area contributed by atoms with Gasteiger partial charge in [0.2, 0.25) is 0 Å². The molecule has 3 aromatic rings. The smallest absolute Gasteiger partial charge is 0.258 e. The van der Waals surface area contributed by atoms with Gasteiger partial charge in [0.05, 0.1) is 21.2 Å². The highest BCUT2D eigenvalue weighted by Crippen LogP contribution is 2.32. The summed E-state index contributed by atoms with van der Waals surface area (Å²) in [5.74, 6) is 0. The van der Waals surface area contributed by atoms with E-state index in [0.29, 0.717) is 5.69 Å². The van der Waals surface area contributed by atoms with Gasteiger partial charge in [0.25, 0.3) is 15.7 Å². The van der Waals surface area contributed by atoms with E-state index in [2.05, 4.69) is 15.3 Å². The van der Waals surface area contributed by atoms with Crippen LogP contribution in [0.15, 0.2) is 57.6 Å². The fourth-order valence-electron chi connectivity index (χ4n) is 2.77. The van der Waals surface area contributed by atoms with Crippen molar-refractivity contribution in [2.24, 2.45) is 10.2 Å². The molecule has 0 spiro atoms. The molecule has 0 saturated carbocycles. The Balaban J connectivity index is 2.04. The van der Waals surface area contributed by atoms with Crippen molar-refractivity contribution in [1.29, 1.82) is 0 Å². The van der Waals surface area contributed by atoms with E-state index in [0.717, 1.165) is 15.2 Å². The molecule has 10 heteroatoms. The molecule has 0 bridgehead atoms. The zero-order valence-corrected chi connectivity index (χ0v) is 17.1. The van der Waals surface area contributed by atoms with E-state index in [-0.39, 0.29) is 27.7 Å². The van der Waals surface area contributed by atoms with E-state index in [9.17, 15) is 18.5 Å². The summed E-state index contributed by atoms with van der Waals surface area (Å²) in [4.78, 5) is 10.8. The molecule has 0 aliphatic carbocycles. The number of hydrogen-bond acceptors (Lipinski definition) is 7. The molecule has 150 valence electrons. The number of nitro benzene ring substituents is 1. The first-order valence-electron chi connectivity index (χ1n) is 8.66. The third kappa shape index (κ3) is 3.92. The average molecular weight is 413 g/mol. The number of rotatable bonds is 5. The average Bonchev–Trinajstić information content (AvgIpc) is 2.95. The molecule has 0 saturated heterocycles. The second kappa shape index (κ2) is 7.55. The predicted molar refractivity (Wildman–Crippen MR) is 107 cm³/mol. The molecular weight excluding hydrogens is 394 g/mol. The van der Waals surface area contributed by atoms with Crippen molar-refractivity contribution < 1.29 is 13.3 Å². The van der Waals surface area contributed by atoms with Crippen LogP contribution in [-0.4, -0.2) is 22.5 Å². The van der Waals surface area contributed by atoms with Gasteiger partial charge in [-0.05, 0) is 51.5 Å². The number of hydrogen-bond donors (Lipinski definition) is 0. The van der Waals surface area contributed by atoms with E-state index in [1.54, 1.807) is 39.0 Å². The number of benzene rings is 2. The molecular formula is C19H19N5O4S. The first-order chi connectivity index (χ1) is 13.6. The molecule has 0 aliphatic rings. The number of nitro groups is 1. The Labute approximate surface area is 167 Å². The van der Waals surface area contributed by atoms with Crippen LogP contribution >= 0.6 is 0 Å². The summed E-state index contributed by atoms with van der Waals surface area (Å²) in [5.41, 5.74) is 2.41. The molecule has 0 unspecified atom stereocenters. The van der Waals surface area contributed by atoms with Gasteiger partial charge in [-0.2, -0.15) is 17.6 Å². The molecule has 0 aliphatic heterocycles. The van der Waals surface area contributed by atoms with Gasteiger partial charge in [-0.3, -0.25) is 10.1 Å². The van der Waals surface area contributed by atoms with Crippen molar-refractivity contribution in [2.75, 3.05) is 0 Å². The molecule has 1 aromatic heterocycles. The van der Waals surface area contributed by atoms with Gasteiger partial charge in [0, 0.05) is 6.07 Å². The Bertz CT molecular complexity index is 1230. The third-order valence-corrected chi connectivity index (χ3v) is 6.02. The Morgan fingerprint density at radius 2 is 1.59 bits per heavy atom. The van der Waals surface area contributed by atoms with E-state index < -0.39 is 14.9 Å². The van der Waals surface area contributed by atoms with Crippen molar-refractivity contribution in [3.63, 3.8) is 0 Å². The van der Waals surface area contributed by atoms with Crippen LogP contribution < -0.4 is 0 Å². The van der Waals surface area contributed by atoms with Gasteiger partial charge in [0.15, 0.2) is 5.69 Å². The number of aryl methyl sites for hydroxylation is 3. The standard InChI is InChI=1S/C19H19N5O4S/c1-12-5-8-16(9-6-12)29(27,28)23-15(4)19(14(3)22-23)21-20-17-10-7-13(2)11-18(17)24(25)26/h5-11H,1-4H3. The molecule has 0 amide bonds. The zero-order valence-electron chi connectivity index (χ0n) is 16.3. The highest BCUT2D eigenvalue weighted by Gasteiger charge is 2.24. The van der Waals surface area contributed by atoms with Crippen LogP contribution in [0.5, 0.6) is 0 Å². The second-order valence-corrected chi connectivity index (χ2v) is 8.40. The Hall–Kier alpha value is -3.40. The monoisotopic (exact) mass is 413 g/mol. The van der Waals surface area contributed by atoms with Crippen molar-refractivity contribution in [3.8, 4) is 0 Å². The normalized spacial score (nSPS) is 11.9. The first-order valence-corrected chi connectivity index (χ1v) is 10.1. The lowest BCUT2D eigenvalue weighted by Crippen LogP contribution is -2.16. The maximum Gasteiger partial charge on any atom is 0.296 e. The molecule has 0 radical (unpaired) electrons. The number of nitrogens with zero attached hydrogens (tertiary/aromatic N) is 5. The molecule has 9 nitrogen and oxygen atoms in total. The third-order valence-electron chi connectivity index (χ3n) is 4.35. The maximum atomic E-state index is 12.9. The van der Waals surface area contributed by atoms with Crippen molar-refractivity contribution >= 4 is 27.1 Å². The minimum absolute atomic E-state index is 0.0774. The summed E-state index contributed by atoms with van der Waals surface area (Å²) in [6, 6.07) is 11.0. The van der Waals surface area contributed by atoms with Gasteiger partial charge in [-0.25, -0.2) is 0 Å². The van der Waals surface area contributed by atoms with Crippen LogP contribution in [0.25, 0.3) is 0 Å². The molecule has 1 heterocycles. The minimum atomic E-state index is -3.90. The van der Waals surface area contributed by atoms with Crippen LogP contribution in [0.1, 0.15) is 22.5 Å². The molecule has 2 aromatic carbocycles. The largest absolute Gasteiger partial charge is 0.296 e. The summed E-state index contributed by atoms with van der Waals surface area (Å²) >= 11 is 0. The van der Waals surface area contributed by atoms with Crippen LogP contribution in [0.3, 0.4) is 0 Å². The summed E-state index contributed by atoms with van der Waals surface area (Å²) in [6.45, 7) is 6.76. The highest BCUT2D eigenvalue weighted by atomic mass is 32.2. The van der Waals surface area contributed by atoms with Crippen LogP contribution in [0.4, 0.5) is 17.1 Å². The molecule has 0 atom stereocenters. The first kappa shape index (κ1) is 20.3. The lowest BCUT2D eigenvalue weighted by atomic mass is 10.2. The highest BCUT2D eigenvalue weighted by molar-refractivity contribution is 7.89. The molecule has 0 N–H and O–H groups in total. The van der Waals surface area contributed by atoms with Crippen LogP contribution in [0.2, 0.25) is 0 Å². The van der Waals surface area contributed by atoms with Crippen LogP contribution in [0, 0.1) is 37.8 Å². The second-order valence-electron chi connectivity index (χ2n) is 6.63. The van der Waals surface area contributed by atoms with Gasteiger partial charge in [0.1, 0.15) is 5.69 Å². The quantitative estimate of drug-likeness (QED) is 0.342. The summed E-state index contributed by atoms with van der Waals surface area (Å²) in [5, 5.41) is 23.4. The Morgan fingerprint density at radius 1 is 0.966 bits per heavy atom. The van der Waals surface area contributed by atoms with Crippen molar-refractivity contribution in [1.82, 2.24) is 9.19 Å². The van der Waals surface area contributed by atoms with Crippen molar-refractivity contribution in [3.05, 3.63) is 75.1 Å². The fraction of sp³-hybridized carbons (Fsp3) is 0.211. The topological polar surface area (TPSA) is 120 Å². The van der Waals surface area contributed by atoms with Crippen LogP contribution in [-0.2, 0) is 10.0 Å².